The fourth-order valence-corrected chi connectivity index (χ4v) is 3.29. The second-order valence-electron chi connectivity index (χ2n) is 7.11. The first-order valence-corrected chi connectivity index (χ1v) is 10.5. The summed E-state index contributed by atoms with van der Waals surface area (Å²) in [5.74, 6) is -0.331. The van der Waals surface area contributed by atoms with E-state index < -0.39 is 0 Å². The molecule has 0 spiro atoms. The maximum absolute atomic E-state index is 11.9. The van der Waals surface area contributed by atoms with Crippen molar-refractivity contribution in [2.75, 3.05) is 18.5 Å². The van der Waals surface area contributed by atoms with Crippen molar-refractivity contribution >= 4 is 34.7 Å². The van der Waals surface area contributed by atoms with Crippen LogP contribution in [0.5, 0.6) is 0 Å². The van der Waals surface area contributed by atoms with Crippen molar-refractivity contribution in [3.63, 3.8) is 0 Å². The zero-order chi connectivity index (χ0) is 23.4. The standard InChI is InChI=1S/C24H23N5O4/c1-4-32-22(30)16-6-10-18(11-7-16)27-24-26-15(3)20-21(28-24)29(14-25-20)19-12-8-17(9-13-19)23(31)33-5-2/h6-14H,4-5H2,1-3H3,(H,26,27,28). The Morgan fingerprint density at radius 2 is 1.45 bits per heavy atom. The Kier molecular flexibility index (Phi) is 6.30. The van der Waals surface area contributed by atoms with Crippen molar-refractivity contribution in [2.24, 2.45) is 0 Å². The first-order valence-electron chi connectivity index (χ1n) is 10.5. The number of carbonyl (C=O) groups excluding carboxylic acids is 2. The molecule has 168 valence electrons. The largest absolute Gasteiger partial charge is 0.462 e. The Bertz CT molecular complexity index is 1300. The summed E-state index contributed by atoms with van der Waals surface area (Å²) in [5.41, 5.74) is 4.49. The highest BCUT2D eigenvalue weighted by atomic mass is 16.5. The molecule has 9 heteroatoms. The molecule has 4 aromatic rings. The molecule has 0 bridgehead atoms. The van der Waals surface area contributed by atoms with Gasteiger partial charge in [-0.2, -0.15) is 4.98 Å². The highest BCUT2D eigenvalue weighted by Gasteiger charge is 2.14. The topological polar surface area (TPSA) is 108 Å². The maximum atomic E-state index is 11.9. The molecule has 2 aromatic heterocycles. The summed E-state index contributed by atoms with van der Waals surface area (Å²) in [6.07, 6.45) is 1.67. The Labute approximate surface area is 190 Å². The smallest absolute Gasteiger partial charge is 0.338 e. The molecule has 0 saturated carbocycles. The summed E-state index contributed by atoms with van der Waals surface area (Å²) in [4.78, 5) is 37.3. The van der Waals surface area contributed by atoms with Gasteiger partial charge in [-0.3, -0.25) is 4.57 Å². The molecule has 9 nitrogen and oxygen atoms in total. The molecular formula is C24H23N5O4. The van der Waals surface area contributed by atoms with Crippen molar-refractivity contribution in [1.82, 2.24) is 19.5 Å². The van der Waals surface area contributed by atoms with Crippen LogP contribution in [-0.4, -0.2) is 44.7 Å². The molecule has 0 aliphatic heterocycles. The Morgan fingerprint density at radius 1 is 0.879 bits per heavy atom. The monoisotopic (exact) mass is 445 g/mol. The Hall–Kier alpha value is -4.27. The summed E-state index contributed by atoms with van der Waals surface area (Å²) in [7, 11) is 0. The minimum atomic E-state index is -0.365. The summed E-state index contributed by atoms with van der Waals surface area (Å²) >= 11 is 0. The number of nitrogens with one attached hydrogen (secondary N) is 1. The zero-order valence-corrected chi connectivity index (χ0v) is 18.5. The molecule has 0 saturated heterocycles. The lowest BCUT2D eigenvalue weighted by molar-refractivity contribution is 0.0517. The van der Waals surface area contributed by atoms with Gasteiger partial charge in [0.25, 0.3) is 0 Å². The molecule has 33 heavy (non-hydrogen) atoms. The van der Waals surface area contributed by atoms with Crippen molar-refractivity contribution in [1.29, 1.82) is 0 Å². The number of fused-ring (bicyclic) bond motifs is 1. The predicted molar refractivity (Wildman–Crippen MR) is 123 cm³/mol. The van der Waals surface area contributed by atoms with E-state index in [4.69, 9.17) is 9.47 Å². The van der Waals surface area contributed by atoms with E-state index in [1.54, 1.807) is 56.6 Å². The van der Waals surface area contributed by atoms with Crippen LogP contribution < -0.4 is 5.32 Å². The predicted octanol–water partition coefficient (Wildman–Crippen LogP) is 4.22. The average Bonchev–Trinajstić information content (AvgIpc) is 3.24. The van der Waals surface area contributed by atoms with Gasteiger partial charge in [0.05, 0.1) is 30.0 Å². The lowest BCUT2D eigenvalue weighted by atomic mass is 10.2. The maximum Gasteiger partial charge on any atom is 0.338 e. The third-order valence-electron chi connectivity index (χ3n) is 4.88. The number of imidazole rings is 1. The number of carbonyl (C=O) groups is 2. The van der Waals surface area contributed by atoms with Crippen molar-refractivity contribution in [2.45, 2.75) is 20.8 Å². The van der Waals surface area contributed by atoms with Crippen LogP contribution in [0.3, 0.4) is 0 Å². The third-order valence-corrected chi connectivity index (χ3v) is 4.88. The van der Waals surface area contributed by atoms with Gasteiger partial charge in [0.1, 0.15) is 11.8 Å². The summed E-state index contributed by atoms with van der Waals surface area (Å²) in [6, 6.07) is 13.9. The molecule has 0 unspecified atom stereocenters. The van der Waals surface area contributed by atoms with E-state index in [0.717, 1.165) is 11.4 Å². The number of esters is 2. The minimum Gasteiger partial charge on any atom is -0.462 e. The number of ether oxygens (including phenoxy) is 2. The van der Waals surface area contributed by atoms with E-state index >= 15 is 0 Å². The van der Waals surface area contributed by atoms with E-state index in [9.17, 15) is 9.59 Å². The van der Waals surface area contributed by atoms with Crippen LogP contribution in [0, 0.1) is 6.92 Å². The molecule has 0 amide bonds. The minimum absolute atomic E-state index is 0.324. The number of nitrogens with zero attached hydrogens (tertiary/aromatic N) is 4. The molecule has 0 radical (unpaired) electrons. The van der Waals surface area contributed by atoms with E-state index in [2.05, 4.69) is 20.3 Å². The van der Waals surface area contributed by atoms with Crippen LogP contribution in [0.1, 0.15) is 40.3 Å². The van der Waals surface area contributed by atoms with Gasteiger partial charge in [-0.25, -0.2) is 19.6 Å². The van der Waals surface area contributed by atoms with Gasteiger partial charge in [-0.05, 0) is 69.3 Å². The van der Waals surface area contributed by atoms with Crippen LogP contribution in [0.15, 0.2) is 54.9 Å². The Balaban J connectivity index is 1.61. The SMILES string of the molecule is CCOC(=O)c1ccc(Nc2nc(C)c3ncn(-c4ccc(C(=O)OCC)cc4)c3n2)cc1. The van der Waals surface area contributed by atoms with Crippen LogP contribution in [-0.2, 0) is 9.47 Å². The normalized spacial score (nSPS) is 10.8. The van der Waals surface area contributed by atoms with E-state index in [1.165, 1.54) is 0 Å². The first-order chi connectivity index (χ1) is 16.0. The molecule has 0 aliphatic carbocycles. The summed E-state index contributed by atoms with van der Waals surface area (Å²) < 4.78 is 11.9. The summed E-state index contributed by atoms with van der Waals surface area (Å²) in [5, 5.41) is 3.16. The number of anilines is 2. The number of aromatic nitrogens is 4. The van der Waals surface area contributed by atoms with Gasteiger partial charge in [-0.15, -0.1) is 0 Å². The molecule has 0 atom stereocenters. The van der Waals surface area contributed by atoms with E-state index in [1.807, 2.05) is 23.6 Å². The molecule has 0 aliphatic rings. The number of aryl methyl sites for hydroxylation is 1. The third kappa shape index (κ3) is 4.67. The molecule has 1 N–H and O–H groups in total. The highest BCUT2D eigenvalue weighted by molar-refractivity contribution is 5.90. The quantitative estimate of drug-likeness (QED) is 0.421. The van der Waals surface area contributed by atoms with E-state index in [-0.39, 0.29) is 11.9 Å². The van der Waals surface area contributed by atoms with Gasteiger partial charge >= 0.3 is 11.9 Å². The average molecular weight is 445 g/mol. The van der Waals surface area contributed by atoms with Gasteiger partial charge in [-0.1, -0.05) is 0 Å². The molecule has 2 aromatic carbocycles. The highest BCUT2D eigenvalue weighted by Crippen LogP contribution is 2.22. The fourth-order valence-electron chi connectivity index (χ4n) is 3.29. The summed E-state index contributed by atoms with van der Waals surface area (Å²) in [6.45, 7) is 6.05. The van der Waals surface area contributed by atoms with Gasteiger partial charge in [0.2, 0.25) is 5.95 Å². The number of benzene rings is 2. The number of rotatable bonds is 7. The molecular weight excluding hydrogens is 422 g/mol. The van der Waals surface area contributed by atoms with Crippen LogP contribution in [0.4, 0.5) is 11.6 Å². The van der Waals surface area contributed by atoms with Crippen LogP contribution in [0.25, 0.3) is 16.9 Å². The van der Waals surface area contributed by atoms with E-state index in [0.29, 0.717) is 47.1 Å². The lowest BCUT2D eigenvalue weighted by Crippen LogP contribution is -2.05. The Morgan fingerprint density at radius 3 is 2.03 bits per heavy atom. The van der Waals surface area contributed by atoms with Gasteiger partial charge in [0, 0.05) is 11.4 Å². The van der Waals surface area contributed by atoms with Gasteiger partial charge in [0.15, 0.2) is 5.65 Å². The fraction of sp³-hybridized carbons (Fsp3) is 0.208. The molecule has 0 fully saturated rings. The zero-order valence-electron chi connectivity index (χ0n) is 18.5. The number of hydrogen-bond acceptors (Lipinski definition) is 8. The van der Waals surface area contributed by atoms with Crippen molar-refractivity contribution < 1.29 is 19.1 Å². The second kappa shape index (κ2) is 9.47. The molecule has 2 heterocycles. The molecule has 4 rings (SSSR count). The van der Waals surface area contributed by atoms with Crippen LogP contribution >= 0.6 is 0 Å². The lowest BCUT2D eigenvalue weighted by Gasteiger charge is -2.09. The van der Waals surface area contributed by atoms with Crippen LogP contribution in [0.2, 0.25) is 0 Å². The van der Waals surface area contributed by atoms with Crippen molar-refractivity contribution in [3.05, 3.63) is 71.7 Å². The second-order valence-corrected chi connectivity index (χ2v) is 7.11. The van der Waals surface area contributed by atoms with Gasteiger partial charge < -0.3 is 14.8 Å². The van der Waals surface area contributed by atoms with Crippen molar-refractivity contribution in [3.8, 4) is 5.69 Å². The number of hydrogen-bond donors (Lipinski definition) is 1. The first kappa shape index (κ1) is 21.9.